The van der Waals surface area contributed by atoms with Gasteiger partial charge < -0.3 is 23.8 Å². The first-order valence-electron chi connectivity index (χ1n) is 10.4. The number of hydrogen-bond donors (Lipinski definition) is 0. The first kappa shape index (κ1) is 24.5. The van der Waals surface area contributed by atoms with Crippen LogP contribution in [0.25, 0.3) is 0 Å². The lowest BCUT2D eigenvalue weighted by atomic mass is 10.1. The van der Waals surface area contributed by atoms with Crippen LogP contribution in [-0.2, 0) is 17.9 Å². The fraction of sp³-hybridized carbons (Fsp3) is 0.333. The van der Waals surface area contributed by atoms with E-state index in [1.54, 1.807) is 50.5 Å². The number of rotatable bonds is 12. The number of hydrogen-bond acceptors (Lipinski definition) is 7. The summed E-state index contributed by atoms with van der Waals surface area (Å²) in [5, 5.41) is 2.60. The minimum atomic E-state index is -0.544. The number of benzene rings is 2. The van der Waals surface area contributed by atoms with Gasteiger partial charge in [0.2, 0.25) is 5.75 Å². The fourth-order valence-corrected chi connectivity index (χ4v) is 3.93. The standard InChI is InChI=1S/C24H27FN2O5S/c1-29-13-7-12-27(24(28)18-8-4-5-9-19(18)25)14-17-16-33-22(26-17)15-32-23-20(30-2)10-6-11-21(23)31-3/h4-6,8-11,16H,7,12-15H2,1-3H3. The molecule has 0 spiro atoms. The van der Waals surface area contributed by atoms with Gasteiger partial charge in [0.05, 0.1) is 32.0 Å². The highest BCUT2D eigenvalue weighted by atomic mass is 32.1. The van der Waals surface area contributed by atoms with E-state index < -0.39 is 5.82 Å². The summed E-state index contributed by atoms with van der Waals surface area (Å²) in [6.07, 6.45) is 0.629. The van der Waals surface area contributed by atoms with Crippen molar-refractivity contribution in [2.75, 3.05) is 34.5 Å². The highest BCUT2D eigenvalue weighted by molar-refractivity contribution is 7.09. The zero-order valence-electron chi connectivity index (χ0n) is 18.9. The predicted octanol–water partition coefficient (Wildman–Crippen LogP) is 4.56. The normalized spacial score (nSPS) is 10.7. The van der Waals surface area contributed by atoms with Crippen molar-refractivity contribution in [2.45, 2.75) is 19.6 Å². The molecular weight excluding hydrogens is 447 g/mol. The first-order chi connectivity index (χ1) is 16.1. The summed E-state index contributed by atoms with van der Waals surface area (Å²) in [7, 11) is 4.73. The van der Waals surface area contributed by atoms with Gasteiger partial charge in [0.1, 0.15) is 17.4 Å². The van der Waals surface area contributed by atoms with E-state index >= 15 is 0 Å². The molecular formula is C24H27FN2O5S. The minimum Gasteiger partial charge on any atom is -0.493 e. The summed E-state index contributed by atoms with van der Waals surface area (Å²) in [5.41, 5.74) is 0.740. The zero-order valence-corrected chi connectivity index (χ0v) is 19.7. The van der Waals surface area contributed by atoms with Crippen LogP contribution < -0.4 is 14.2 Å². The Labute approximate surface area is 196 Å². The van der Waals surface area contributed by atoms with Gasteiger partial charge in [0.25, 0.3) is 5.91 Å². The number of para-hydroxylation sites is 1. The Bertz CT molecular complexity index is 1040. The number of aromatic nitrogens is 1. The number of nitrogens with zero attached hydrogens (tertiary/aromatic N) is 2. The van der Waals surface area contributed by atoms with Gasteiger partial charge in [0, 0.05) is 25.6 Å². The second-order valence-corrected chi connectivity index (χ2v) is 8.01. The molecule has 0 bridgehead atoms. The third-order valence-electron chi connectivity index (χ3n) is 4.84. The summed E-state index contributed by atoms with van der Waals surface area (Å²) in [5.74, 6) is 0.693. The van der Waals surface area contributed by atoms with Crippen LogP contribution >= 0.6 is 11.3 Å². The number of carbonyl (C=O) groups excluding carboxylic acids is 1. The topological polar surface area (TPSA) is 70.1 Å². The quantitative estimate of drug-likeness (QED) is 0.359. The average molecular weight is 475 g/mol. The summed E-state index contributed by atoms with van der Waals surface area (Å²) in [6.45, 7) is 1.39. The largest absolute Gasteiger partial charge is 0.493 e. The molecule has 3 aromatic rings. The van der Waals surface area contributed by atoms with Gasteiger partial charge in [-0.25, -0.2) is 9.37 Å². The summed E-state index contributed by atoms with van der Waals surface area (Å²) < 4.78 is 35.9. The molecule has 1 aromatic heterocycles. The predicted molar refractivity (Wildman–Crippen MR) is 124 cm³/mol. The van der Waals surface area contributed by atoms with Crippen LogP contribution in [0, 0.1) is 5.82 Å². The molecule has 0 aliphatic carbocycles. The van der Waals surface area contributed by atoms with Gasteiger partial charge in [-0.15, -0.1) is 11.3 Å². The summed E-state index contributed by atoms with van der Waals surface area (Å²) in [4.78, 5) is 19.2. The van der Waals surface area contributed by atoms with Crippen LogP contribution in [0.3, 0.4) is 0 Å². The van der Waals surface area contributed by atoms with Gasteiger partial charge in [0.15, 0.2) is 11.5 Å². The monoisotopic (exact) mass is 474 g/mol. The zero-order chi connectivity index (χ0) is 23.6. The van der Waals surface area contributed by atoms with Crippen molar-refractivity contribution < 1.29 is 28.1 Å². The molecule has 7 nitrogen and oxygen atoms in total. The van der Waals surface area contributed by atoms with E-state index in [-0.39, 0.29) is 24.6 Å². The van der Waals surface area contributed by atoms with E-state index in [9.17, 15) is 9.18 Å². The van der Waals surface area contributed by atoms with Gasteiger partial charge in [-0.2, -0.15) is 0 Å². The number of ether oxygens (including phenoxy) is 4. The molecule has 2 aromatic carbocycles. The first-order valence-corrected chi connectivity index (χ1v) is 11.2. The summed E-state index contributed by atoms with van der Waals surface area (Å²) >= 11 is 1.42. The lowest BCUT2D eigenvalue weighted by molar-refractivity contribution is 0.0717. The molecule has 0 unspecified atom stereocenters. The third-order valence-corrected chi connectivity index (χ3v) is 5.71. The van der Waals surface area contributed by atoms with Crippen molar-refractivity contribution in [2.24, 2.45) is 0 Å². The minimum absolute atomic E-state index is 0.0389. The Kier molecular flexibility index (Phi) is 9.03. The van der Waals surface area contributed by atoms with Crippen molar-refractivity contribution in [3.63, 3.8) is 0 Å². The number of methoxy groups -OCH3 is 3. The fourth-order valence-electron chi connectivity index (χ4n) is 3.23. The molecule has 1 heterocycles. The van der Waals surface area contributed by atoms with Crippen LogP contribution in [0.4, 0.5) is 4.39 Å². The van der Waals surface area contributed by atoms with Crippen LogP contribution in [0.5, 0.6) is 17.2 Å². The molecule has 1 amide bonds. The molecule has 0 aliphatic heterocycles. The van der Waals surface area contributed by atoms with Gasteiger partial charge in [-0.1, -0.05) is 18.2 Å². The van der Waals surface area contributed by atoms with E-state index in [2.05, 4.69) is 4.98 Å². The SMILES string of the molecule is COCCCN(Cc1csc(COc2c(OC)cccc2OC)n1)C(=O)c1ccccc1F. The molecule has 0 atom stereocenters. The maximum absolute atomic E-state index is 14.2. The molecule has 0 aliphatic rings. The lowest BCUT2D eigenvalue weighted by Gasteiger charge is -2.22. The van der Waals surface area contributed by atoms with Crippen LogP contribution in [-0.4, -0.2) is 50.3 Å². The number of thiazole rings is 1. The maximum atomic E-state index is 14.2. The van der Waals surface area contributed by atoms with E-state index in [4.69, 9.17) is 18.9 Å². The number of amides is 1. The maximum Gasteiger partial charge on any atom is 0.257 e. The highest BCUT2D eigenvalue weighted by Gasteiger charge is 2.20. The molecule has 176 valence electrons. The van der Waals surface area contributed by atoms with E-state index in [0.717, 1.165) is 5.01 Å². The van der Waals surface area contributed by atoms with Crippen molar-refractivity contribution in [1.29, 1.82) is 0 Å². The average Bonchev–Trinajstić information content (AvgIpc) is 3.29. The smallest absolute Gasteiger partial charge is 0.257 e. The Morgan fingerprint density at radius 2 is 1.79 bits per heavy atom. The van der Waals surface area contributed by atoms with Crippen molar-refractivity contribution in [1.82, 2.24) is 9.88 Å². The number of halogens is 1. The second-order valence-electron chi connectivity index (χ2n) is 7.07. The molecule has 0 saturated heterocycles. The van der Waals surface area contributed by atoms with Crippen molar-refractivity contribution >= 4 is 17.2 Å². The Morgan fingerprint density at radius 3 is 2.45 bits per heavy atom. The Hall–Kier alpha value is -3.17. The Balaban J connectivity index is 1.71. The van der Waals surface area contributed by atoms with Crippen molar-refractivity contribution in [3.05, 3.63) is 69.9 Å². The molecule has 0 saturated carbocycles. The molecule has 0 N–H and O–H groups in total. The van der Waals surface area contributed by atoms with Gasteiger partial charge in [-0.05, 0) is 30.7 Å². The Morgan fingerprint density at radius 1 is 1.06 bits per heavy atom. The molecule has 0 radical (unpaired) electrons. The second kappa shape index (κ2) is 12.2. The van der Waals surface area contributed by atoms with E-state index in [1.807, 2.05) is 11.4 Å². The van der Waals surface area contributed by atoms with Crippen LogP contribution in [0.2, 0.25) is 0 Å². The van der Waals surface area contributed by atoms with E-state index in [1.165, 1.54) is 23.5 Å². The highest BCUT2D eigenvalue weighted by Crippen LogP contribution is 2.37. The van der Waals surface area contributed by atoms with E-state index in [0.29, 0.717) is 42.5 Å². The van der Waals surface area contributed by atoms with Crippen LogP contribution in [0.15, 0.2) is 47.8 Å². The van der Waals surface area contributed by atoms with Crippen LogP contribution in [0.1, 0.15) is 27.5 Å². The molecule has 0 fully saturated rings. The summed E-state index contributed by atoms with van der Waals surface area (Å²) in [6, 6.07) is 11.4. The molecule has 33 heavy (non-hydrogen) atoms. The number of carbonyl (C=O) groups is 1. The van der Waals surface area contributed by atoms with Gasteiger partial charge >= 0.3 is 0 Å². The third kappa shape index (κ3) is 6.43. The van der Waals surface area contributed by atoms with Crippen molar-refractivity contribution in [3.8, 4) is 17.2 Å². The lowest BCUT2D eigenvalue weighted by Crippen LogP contribution is -2.32. The molecule has 3 rings (SSSR count). The van der Waals surface area contributed by atoms with Gasteiger partial charge in [-0.3, -0.25) is 4.79 Å². The molecule has 9 heteroatoms.